The quantitative estimate of drug-likeness (QED) is 0.857. The van der Waals surface area contributed by atoms with Crippen LogP contribution in [-0.4, -0.2) is 12.5 Å². The van der Waals surface area contributed by atoms with E-state index in [1.165, 1.54) is 6.07 Å². The number of aryl methyl sites for hydroxylation is 1. The van der Waals surface area contributed by atoms with Crippen LogP contribution in [0.3, 0.4) is 0 Å². The van der Waals surface area contributed by atoms with Crippen molar-refractivity contribution < 1.29 is 13.6 Å². The molecule has 1 atom stereocenters. The van der Waals surface area contributed by atoms with Gasteiger partial charge in [-0.1, -0.05) is 23.7 Å². The van der Waals surface area contributed by atoms with Crippen molar-refractivity contribution >= 4 is 23.2 Å². The number of carbonyl (C=O) groups is 1. The Labute approximate surface area is 138 Å². The molecule has 0 aromatic heterocycles. The number of hydrogen-bond donors (Lipinski definition) is 2. The number of hydrogen-bond acceptors (Lipinski definition) is 2. The third-order valence-electron chi connectivity index (χ3n) is 3.49. The molecule has 1 amide bonds. The van der Waals surface area contributed by atoms with Crippen LogP contribution in [0.25, 0.3) is 0 Å². The molecule has 2 aromatic carbocycles. The Morgan fingerprint density at radius 2 is 1.91 bits per heavy atom. The van der Waals surface area contributed by atoms with Crippen molar-refractivity contribution in [3.05, 3.63) is 64.2 Å². The minimum absolute atomic E-state index is 0.0338. The number of benzene rings is 2. The minimum atomic E-state index is -0.907. The molecule has 2 aromatic rings. The average Bonchev–Trinajstić information content (AvgIpc) is 2.51. The SMILES string of the molecule is Cc1ccc(Cl)cc1NC(=O)CN[C@@H](C)c1ccc(F)c(F)c1. The Bertz CT molecular complexity index is 722. The lowest BCUT2D eigenvalue weighted by molar-refractivity contribution is -0.115. The van der Waals surface area contributed by atoms with Gasteiger partial charge in [0.15, 0.2) is 11.6 Å². The van der Waals surface area contributed by atoms with E-state index in [4.69, 9.17) is 11.6 Å². The summed E-state index contributed by atoms with van der Waals surface area (Å²) in [6, 6.07) is 8.61. The van der Waals surface area contributed by atoms with Gasteiger partial charge >= 0.3 is 0 Å². The van der Waals surface area contributed by atoms with Gasteiger partial charge in [-0.2, -0.15) is 0 Å². The molecule has 0 bridgehead atoms. The predicted octanol–water partition coefficient (Wildman–Crippen LogP) is 4.22. The summed E-state index contributed by atoms with van der Waals surface area (Å²) in [5, 5.41) is 6.26. The number of rotatable bonds is 5. The first kappa shape index (κ1) is 17.4. The minimum Gasteiger partial charge on any atom is -0.325 e. The third kappa shape index (κ3) is 4.74. The zero-order valence-electron chi connectivity index (χ0n) is 12.8. The monoisotopic (exact) mass is 338 g/mol. The van der Waals surface area contributed by atoms with Crippen LogP contribution in [0.2, 0.25) is 5.02 Å². The topological polar surface area (TPSA) is 41.1 Å². The van der Waals surface area contributed by atoms with Crippen LogP contribution in [0.4, 0.5) is 14.5 Å². The Morgan fingerprint density at radius 1 is 1.17 bits per heavy atom. The summed E-state index contributed by atoms with van der Waals surface area (Å²) >= 11 is 5.90. The second-order valence-corrected chi connectivity index (χ2v) is 5.72. The number of halogens is 3. The van der Waals surface area contributed by atoms with Crippen LogP contribution >= 0.6 is 11.6 Å². The second-order valence-electron chi connectivity index (χ2n) is 5.28. The van der Waals surface area contributed by atoms with E-state index in [2.05, 4.69) is 10.6 Å². The van der Waals surface area contributed by atoms with Crippen molar-refractivity contribution in [1.82, 2.24) is 5.32 Å². The van der Waals surface area contributed by atoms with Crippen LogP contribution in [0.5, 0.6) is 0 Å². The van der Waals surface area contributed by atoms with Gasteiger partial charge in [-0.15, -0.1) is 0 Å². The molecule has 0 spiro atoms. The standard InChI is InChI=1S/C17H17ClF2N2O/c1-10-3-5-13(18)8-16(10)22-17(23)9-21-11(2)12-4-6-14(19)15(20)7-12/h3-8,11,21H,9H2,1-2H3,(H,22,23)/t11-/m0/s1. The summed E-state index contributed by atoms with van der Waals surface area (Å²) in [6.07, 6.45) is 0. The molecular weight excluding hydrogens is 322 g/mol. The summed E-state index contributed by atoms with van der Waals surface area (Å²) in [5.74, 6) is -2.05. The summed E-state index contributed by atoms with van der Waals surface area (Å²) in [6.45, 7) is 3.67. The van der Waals surface area contributed by atoms with Crippen molar-refractivity contribution in [3.8, 4) is 0 Å². The molecule has 0 aliphatic carbocycles. The predicted molar refractivity (Wildman–Crippen MR) is 87.6 cm³/mol. The molecule has 0 aliphatic heterocycles. The lowest BCUT2D eigenvalue weighted by Crippen LogP contribution is -2.30. The van der Waals surface area contributed by atoms with Crippen molar-refractivity contribution in [3.63, 3.8) is 0 Å². The second kappa shape index (κ2) is 7.53. The lowest BCUT2D eigenvalue weighted by atomic mass is 10.1. The molecule has 0 radical (unpaired) electrons. The van der Waals surface area contributed by atoms with Crippen molar-refractivity contribution in [2.24, 2.45) is 0 Å². The molecule has 0 fully saturated rings. The largest absolute Gasteiger partial charge is 0.325 e. The Balaban J connectivity index is 1.93. The molecule has 0 saturated carbocycles. The lowest BCUT2D eigenvalue weighted by Gasteiger charge is -2.15. The van der Waals surface area contributed by atoms with E-state index in [9.17, 15) is 13.6 Å². The van der Waals surface area contributed by atoms with E-state index >= 15 is 0 Å². The maximum absolute atomic E-state index is 13.2. The van der Waals surface area contributed by atoms with Gasteiger partial charge < -0.3 is 10.6 Å². The summed E-state index contributed by atoms with van der Waals surface area (Å²) in [4.78, 5) is 12.0. The van der Waals surface area contributed by atoms with Gasteiger partial charge in [0.05, 0.1) is 6.54 Å². The average molecular weight is 339 g/mol. The fourth-order valence-corrected chi connectivity index (χ4v) is 2.24. The van der Waals surface area contributed by atoms with Crippen molar-refractivity contribution in [1.29, 1.82) is 0 Å². The van der Waals surface area contributed by atoms with Crippen molar-refractivity contribution in [2.45, 2.75) is 19.9 Å². The van der Waals surface area contributed by atoms with E-state index in [-0.39, 0.29) is 18.5 Å². The highest BCUT2D eigenvalue weighted by molar-refractivity contribution is 6.31. The molecule has 0 unspecified atom stereocenters. The number of carbonyl (C=O) groups excluding carboxylic acids is 1. The Morgan fingerprint density at radius 3 is 2.61 bits per heavy atom. The molecular formula is C17H17ClF2N2O. The van der Waals surface area contributed by atoms with Gasteiger partial charge in [0.25, 0.3) is 0 Å². The molecule has 122 valence electrons. The first-order chi connectivity index (χ1) is 10.9. The molecule has 6 heteroatoms. The fraction of sp³-hybridized carbons (Fsp3) is 0.235. The first-order valence-corrected chi connectivity index (χ1v) is 7.49. The van der Waals surface area contributed by atoms with E-state index in [0.717, 1.165) is 17.7 Å². The third-order valence-corrected chi connectivity index (χ3v) is 3.72. The molecule has 2 rings (SSSR count). The van der Waals surface area contributed by atoms with Gasteiger partial charge in [-0.05, 0) is 49.2 Å². The van der Waals surface area contributed by atoms with Crippen molar-refractivity contribution in [2.75, 3.05) is 11.9 Å². The molecule has 2 N–H and O–H groups in total. The van der Waals surface area contributed by atoms with Crippen LogP contribution < -0.4 is 10.6 Å². The fourth-order valence-electron chi connectivity index (χ4n) is 2.07. The smallest absolute Gasteiger partial charge is 0.238 e. The van der Waals surface area contributed by atoms with Gasteiger partial charge in [-0.25, -0.2) is 8.78 Å². The maximum Gasteiger partial charge on any atom is 0.238 e. The zero-order chi connectivity index (χ0) is 17.0. The maximum atomic E-state index is 13.2. The zero-order valence-corrected chi connectivity index (χ0v) is 13.5. The highest BCUT2D eigenvalue weighted by Crippen LogP contribution is 2.20. The van der Waals surface area contributed by atoms with Gasteiger partial charge in [0, 0.05) is 16.8 Å². The molecule has 0 aliphatic rings. The van der Waals surface area contributed by atoms with Gasteiger partial charge in [-0.3, -0.25) is 4.79 Å². The van der Waals surface area contributed by atoms with E-state index in [1.54, 1.807) is 19.1 Å². The number of nitrogens with one attached hydrogen (secondary N) is 2. The Hall–Kier alpha value is -1.98. The van der Waals surface area contributed by atoms with Gasteiger partial charge in [0.1, 0.15) is 0 Å². The molecule has 3 nitrogen and oxygen atoms in total. The summed E-state index contributed by atoms with van der Waals surface area (Å²) in [5.41, 5.74) is 2.11. The highest BCUT2D eigenvalue weighted by atomic mass is 35.5. The van der Waals surface area contributed by atoms with Crippen LogP contribution in [0.15, 0.2) is 36.4 Å². The van der Waals surface area contributed by atoms with E-state index < -0.39 is 11.6 Å². The number of amides is 1. The van der Waals surface area contributed by atoms with E-state index in [1.807, 2.05) is 13.0 Å². The van der Waals surface area contributed by atoms with E-state index in [0.29, 0.717) is 16.3 Å². The molecule has 0 saturated heterocycles. The Kier molecular flexibility index (Phi) is 5.69. The van der Waals surface area contributed by atoms with Crippen LogP contribution in [-0.2, 0) is 4.79 Å². The summed E-state index contributed by atoms with van der Waals surface area (Å²) in [7, 11) is 0. The normalized spacial score (nSPS) is 12.0. The number of anilines is 1. The van der Waals surface area contributed by atoms with Gasteiger partial charge in [0.2, 0.25) is 5.91 Å². The first-order valence-electron chi connectivity index (χ1n) is 7.11. The molecule has 0 heterocycles. The summed E-state index contributed by atoms with van der Waals surface area (Å²) < 4.78 is 26.1. The van der Waals surface area contributed by atoms with Crippen LogP contribution in [0.1, 0.15) is 24.1 Å². The molecule has 23 heavy (non-hydrogen) atoms. The van der Waals surface area contributed by atoms with Crippen LogP contribution in [0, 0.1) is 18.6 Å². The highest BCUT2D eigenvalue weighted by Gasteiger charge is 2.11.